The van der Waals surface area contributed by atoms with E-state index in [-0.39, 0.29) is 24.6 Å². The van der Waals surface area contributed by atoms with E-state index in [2.05, 4.69) is 20.2 Å². The van der Waals surface area contributed by atoms with Crippen LogP contribution in [0.25, 0.3) is 28.3 Å². The maximum atomic E-state index is 12.8. The molecule has 0 amide bonds. The number of hydrogen-bond acceptors (Lipinski definition) is 7. The van der Waals surface area contributed by atoms with Crippen LogP contribution in [0.2, 0.25) is 0 Å². The highest BCUT2D eigenvalue weighted by atomic mass is 19.1. The van der Waals surface area contributed by atoms with Crippen LogP contribution in [0.5, 0.6) is 0 Å². The lowest BCUT2D eigenvalue weighted by molar-refractivity contribution is 0.365. The lowest BCUT2D eigenvalue weighted by atomic mass is 10.0. The Bertz CT molecular complexity index is 1370. The molecule has 2 N–H and O–H groups in total. The molecule has 9 nitrogen and oxygen atoms in total. The molecule has 0 unspecified atom stereocenters. The van der Waals surface area contributed by atoms with E-state index < -0.39 is 5.69 Å². The number of halogens is 1. The summed E-state index contributed by atoms with van der Waals surface area (Å²) in [5.41, 5.74) is 8.73. The second-order valence-corrected chi connectivity index (χ2v) is 7.97. The summed E-state index contributed by atoms with van der Waals surface area (Å²) in [7, 11) is 0. The normalized spacial score (nSPS) is 12.0. The molecule has 4 rings (SSSR count). The quantitative estimate of drug-likeness (QED) is 0.459. The molecule has 0 aliphatic rings. The van der Waals surface area contributed by atoms with Gasteiger partial charge in [-0.2, -0.15) is 10.1 Å². The maximum Gasteiger partial charge on any atom is 0.351 e. The molecule has 170 valence electrons. The molecule has 3 heterocycles. The molecule has 33 heavy (non-hydrogen) atoms. The van der Waals surface area contributed by atoms with E-state index in [1.54, 1.807) is 6.20 Å². The number of pyridine rings is 1. The van der Waals surface area contributed by atoms with Gasteiger partial charge in [-0.05, 0) is 35.8 Å². The van der Waals surface area contributed by atoms with Crippen molar-refractivity contribution in [3.63, 3.8) is 0 Å². The lowest BCUT2D eigenvalue weighted by Gasteiger charge is -2.08. The van der Waals surface area contributed by atoms with Crippen molar-refractivity contribution < 1.29 is 8.91 Å². The smallest absolute Gasteiger partial charge is 0.339 e. The number of nitrogens with zero attached hydrogens (tertiary/aromatic N) is 6. The van der Waals surface area contributed by atoms with Crippen molar-refractivity contribution in [2.45, 2.75) is 33.2 Å². The molecule has 0 fully saturated rings. The predicted octanol–water partition coefficient (Wildman–Crippen LogP) is 3.39. The summed E-state index contributed by atoms with van der Waals surface area (Å²) >= 11 is 0. The van der Waals surface area contributed by atoms with E-state index in [1.807, 2.05) is 51.1 Å². The minimum Gasteiger partial charge on any atom is -0.339 e. The van der Waals surface area contributed by atoms with Gasteiger partial charge in [-0.15, -0.1) is 0 Å². The highest BCUT2D eigenvalue weighted by Crippen LogP contribution is 2.27. The molecule has 0 atom stereocenters. The van der Waals surface area contributed by atoms with Gasteiger partial charge in [0.25, 0.3) is 0 Å². The Hall–Kier alpha value is -3.92. The fraction of sp³-hybridized carbons (Fsp3) is 0.261. The predicted molar refractivity (Wildman–Crippen MR) is 121 cm³/mol. The van der Waals surface area contributed by atoms with E-state index in [4.69, 9.17) is 10.3 Å². The molecule has 0 aliphatic heterocycles. The van der Waals surface area contributed by atoms with Crippen molar-refractivity contribution in [3.8, 4) is 28.3 Å². The van der Waals surface area contributed by atoms with Crippen LogP contribution in [0.15, 0.2) is 64.1 Å². The molecule has 4 aromatic rings. The van der Waals surface area contributed by atoms with Gasteiger partial charge in [0.15, 0.2) is 0 Å². The van der Waals surface area contributed by atoms with Crippen molar-refractivity contribution in [2.75, 3.05) is 6.54 Å². The number of hydrogen-bond donors (Lipinski definition) is 1. The van der Waals surface area contributed by atoms with E-state index in [1.165, 1.54) is 10.9 Å². The minimum absolute atomic E-state index is 0.00345. The third-order valence-corrected chi connectivity index (χ3v) is 5.17. The number of aryl methyl sites for hydroxylation is 1. The first-order valence-corrected chi connectivity index (χ1v) is 10.4. The summed E-state index contributed by atoms with van der Waals surface area (Å²) < 4.78 is 20.6. The Morgan fingerprint density at radius 3 is 2.70 bits per heavy atom. The summed E-state index contributed by atoms with van der Waals surface area (Å²) in [4.78, 5) is 21.7. The average Bonchev–Trinajstić information content (AvgIpc) is 3.45. The van der Waals surface area contributed by atoms with Crippen LogP contribution in [-0.4, -0.2) is 36.0 Å². The van der Waals surface area contributed by atoms with Crippen LogP contribution in [0.4, 0.5) is 4.39 Å². The fourth-order valence-electron chi connectivity index (χ4n) is 3.33. The number of nitrogens with two attached hydrogens (primary N) is 1. The number of benzene rings is 1. The molecule has 0 bridgehead atoms. The molecule has 0 saturated carbocycles. The maximum absolute atomic E-state index is 12.8. The zero-order chi connectivity index (χ0) is 23.5. The van der Waals surface area contributed by atoms with Crippen LogP contribution in [0.3, 0.4) is 0 Å². The second kappa shape index (κ2) is 9.29. The van der Waals surface area contributed by atoms with Gasteiger partial charge in [-0.25, -0.2) is 23.4 Å². The van der Waals surface area contributed by atoms with Gasteiger partial charge in [0.1, 0.15) is 12.1 Å². The molecule has 10 heteroatoms. The Labute approximate surface area is 189 Å². The number of rotatable bonds is 7. The summed E-state index contributed by atoms with van der Waals surface area (Å²) in [5.74, 6) is 1.71. The van der Waals surface area contributed by atoms with Crippen LogP contribution >= 0.6 is 0 Å². The first-order chi connectivity index (χ1) is 15.9. The van der Waals surface area contributed by atoms with Crippen molar-refractivity contribution in [1.29, 1.82) is 0 Å². The SMILES string of the molecule is Cc1cc(-c2cccc(-c3noc(C(C)C)n3)c2)cnc1-n1cnn(C/C(=C/F)CN)c1=O. The average molecular weight is 449 g/mol. The van der Waals surface area contributed by atoms with Gasteiger partial charge in [-0.3, -0.25) is 0 Å². The van der Waals surface area contributed by atoms with Crippen LogP contribution in [0.1, 0.15) is 31.2 Å². The monoisotopic (exact) mass is 449 g/mol. The third kappa shape index (κ3) is 4.51. The van der Waals surface area contributed by atoms with E-state index in [0.29, 0.717) is 23.9 Å². The Balaban J connectivity index is 1.64. The molecule has 0 spiro atoms. The lowest BCUT2D eigenvalue weighted by Crippen LogP contribution is -2.26. The van der Waals surface area contributed by atoms with E-state index >= 15 is 0 Å². The summed E-state index contributed by atoms with van der Waals surface area (Å²) in [6.45, 7) is 5.84. The number of aromatic nitrogens is 6. The van der Waals surface area contributed by atoms with Gasteiger partial charge in [-0.1, -0.05) is 37.2 Å². The highest BCUT2D eigenvalue weighted by Gasteiger charge is 2.14. The first-order valence-electron chi connectivity index (χ1n) is 10.4. The van der Waals surface area contributed by atoms with Gasteiger partial charge in [0.2, 0.25) is 11.7 Å². The second-order valence-electron chi connectivity index (χ2n) is 7.97. The standard InChI is InChI=1S/C23H24FN7O2/c1-14(2)22-28-20(29-33-22)18-6-4-5-17(8-18)19-7-15(3)21(26-11-19)30-13-27-31(23(30)32)12-16(9-24)10-25/h4-9,11,13-14H,10,12,25H2,1-3H3/b16-9+. The summed E-state index contributed by atoms with van der Waals surface area (Å²) in [5, 5.41) is 8.12. The molecule has 3 aromatic heterocycles. The van der Waals surface area contributed by atoms with Crippen LogP contribution in [-0.2, 0) is 6.54 Å². The van der Waals surface area contributed by atoms with Gasteiger partial charge in [0, 0.05) is 29.8 Å². The van der Waals surface area contributed by atoms with Crippen molar-refractivity contribution in [1.82, 2.24) is 29.5 Å². The van der Waals surface area contributed by atoms with Gasteiger partial charge in [0.05, 0.1) is 12.9 Å². The molecule has 0 radical (unpaired) electrons. The van der Waals surface area contributed by atoms with Gasteiger partial charge < -0.3 is 10.3 Å². The van der Waals surface area contributed by atoms with E-state index in [9.17, 15) is 9.18 Å². The van der Waals surface area contributed by atoms with Crippen LogP contribution in [0, 0.1) is 6.92 Å². The van der Waals surface area contributed by atoms with Crippen LogP contribution < -0.4 is 11.4 Å². The topological polar surface area (TPSA) is 118 Å². The Morgan fingerprint density at radius 2 is 2.03 bits per heavy atom. The highest BCUT2D eigenvalue weighted by molar-refractivity contribution is 5.70. The van der Waals surface area contributed by atoms with E-state index in [0.717, 1.165) is 26.9 Å². The van der Waals surface area contributed by atoms with Gasteiger partial charge >= 0.3 is 5.69 Å². The fourth-order valence-corrected chi connectivity index (χ4v) is 3.33. The zero-order valence-corrected chi connectivity index (χ0v) is 18.6. The minimum atomic E-state index is -0.425. The van der Waals surface area contributed by atoms with Crippen molar-refractivity contribution in [2.24, 2.45) is 5.73 Å². The summed E-state index contributed by atoms with van der Waals surface area (Å²) in [6, 6.07) is 9.70. The van der Waals surface area contributed by atoms with Crippen molar-refractivity contribution in [3.05, 3.63) is 76.7 Å². The molecular formula is C23H24FN7O2. The summed E-state index contributed by atoms with van der Waals surface area (Å²) in [6.07, 6.45) is 3.46. The molecular weight excluding hydrogens is 425 g/mol. The first kappa shape index (κ1) is 22.3. The molecule has 0 saturated heterocycles. The Kier molecular flexibility index (Phi) is 6.27. The molecule has 0 aliphatic carbocycles. The molecule has 1 aromatic carbocycles. The largest absolute Gasteiger partial charge is 0.351 e. The zero-order valence-electron chi connectivity index (χ0n) is 18.6. The van der Waals surface area contributed by atoms with Crippen molar-refractivity contribution >= 4 is 0 Å². The third-order valence-electron chi connectivity index (χ3n) is 5.17. The Morgan fingerprint density at radius 1 is 1.24 bits per heavy atom.